The van der Waals surface area contributed by atoms with E-state index in [9.17, 15) is 14.4 Å². The molecule has 182 valence electrons. The maximum atomic E-state index is 12.6. The zero-order valence-corrected chi connectivity index (χ0v) is 20.9. The van der Waals surface area contributed by atoms with Crippen LogP contribution in [0.15, 0.2) is 60.0 Å². The van der Waals surface area contributed by atoms with Crippen molar-refractivity contribution in [1.29, 1.82) is 0 Å². The fourth-order valence-corrected chi connectivity index (χ4v) is 5.01. The third-order valence-corrected chi connectivity index (χ3v) is 7.42. The highest BCUT2D eigenvalue weighted by Gasteiger charge is 2.42. The van der Waals surface area contributed by atoms with Gasteiger partial charge in [0.15, 0.2) is 5.16 Å². The van der Waals surface area contributed by atoms with Crippen molar-refractivity contribution < 1.29 is 14.4 Å². The van der Waals surface area contributed by atoms with Gasteiger partial charge in [0.25, 0.3) is 0 Å². The molecule has 2 heterocycles. The van der Waals surface area contributed by atoms with Crippen LogP contribution in [0.25, 0.3) is 5.69 Å². The first kappa shape index (κ1) is 24.7. The lowest BCUT2D eigenvalue weighted by atomic mass is 9.72. The number of nitrogens with zero attached hydrogens (tertiary/aromatic N) is 3. The first-order valence-corrected chi connectivity index (χ1v) is 12.7. The summed E-state index contributed by atoms with van der Waals surface area (Å²) in [5, 5.41) is 14.1. The second kappa shape index (κ2) is 10.4. The Hall–Kier alpha value is -3.46. The average Bonchev–Trinajstić information content (AvgIpc) is 3.33. The van der Waals surface area contributed by atoms with Gasteiger partial charge < -0.3 is 5.32 Å². The van der Waals surface area contributed by atoms with Gasteiger partial charge >= 0.3 is 0 Å². The van der Waals surface area contributed by atoms with Crippen LogP contribution in [0, 0.1) is 0 Å². The van der Waals surface area contributed by atoms with Crippen molar-refractivity contribution in [2.75, 3.05) is 11.1 Å². The Kier molecular flexibility index (Phi) is 7.35. The van der Waals surface area contributed by atoms with Gasteiger partial charge in [-0.25, -0.2) is 0 Å². The monoisotopic (exact) mass is 491 g/mol. The van der Waals surface area contributed by atoms with Crippen LogP contribution in [-0.2, 0) is 19.8 Å². The summed E-state index contributed by atoms with van der Waals surface area (Å²) in [4.78, 5) is 36.7. The standard InChI is InChI=1S/C26H29N5O3S/c1-4-26(14-13-22(32)29-24(26)34)19-7-9-20(10-8-19)28-23(33)15-35-25-30-27-16-31(25)21-11-5-18(6-12-21)17(2)3/h5-12,16-17H,4,13-15H2,1-3H3,(H,28,33)(H,29,32,34). The molecular weight excluding hydrogens is 462 g/mol. The fraction of sp³-hybridized carbons (Fsp3) is 0.346. The summed E-state index contributed by atoms with van der Waals surface area (Å²) in [6.07, 6.45) is 3.04. The van der Waals surface area contributed by atoms with Crippen LogP contribution < -0.4 is 10.6 Å². The molecule has 1 aliphatic heterocycles. The van der Waals surface area contributed by atoms with E-state index in [0.29, 0.717) is 36.0 Å². The molecule has 1 fully saturated rings. The highest BCUT2D eigenvalue weighted by molar-refractivity contribution is 7.99. The van der Waals surface area contributed by atoms with Crippen molar-refractivity contribution in [2.45, 2.75) is 56.5 Å². The van der Waals surface area contributed by atoms with E-state index in [4.69, 9.17) is 0 Å². The van der Waals surface area contributed by atoms with Gasteiger partial charge in [-0.2, -0.15) is 0 Å². The Morgan fingerprint density at radius 3 is 2.49 bits per heavy atom. The highest BCUT2D eigenvalue weighted by Crippen LogP contribution is 2.36. The number of nitrogens with one attached hydrogen (secondary N) is 2. The summed E-state index contributed by atoms with van der Waals surface area (Å²) in [6, 6.07) is 15.5. The van der Waals surface area contributed by atoms with E-state index in [1.54, 1.807) is 18.5 Å². The lowest BCUT2D eigenvalue weighted by Crippen LogP contribution is -2.51. The molecule has 0 spiro atoms. The van der Waals surface area contributed by atoms with E-state index in [1.165, 1.54) is 17.3 Å². The Morgan fingerprint density at radius 2 is 1.86 bits per heavy atom. The summed E-state index contributed by atoms with van der Waals surface area (Å²) in [7, 11) is 0. The van der Waals surface area contributed by atoms with Crippen molar-refractivity contribution in [3.63, 3.8) is 0 Å². The third kappa shape index (κ3) is 5.30. The second-order valence-electron chi connectivity index (χ2n) is 8.96. The van der Waals surface area contributed by atoms with Gasteiger partial charge in [-0.05, 0) is 54.2 Å². The molecule has 1 unspecified atom stereocenters. The van der Waals surface area contributed by atoms with Gasteiger partial charge in [-0.1, -0.05) is 56.8 Å². The van der Waals surface area contributed by atoms with Gasteiger partial charge in [0.05, 0.1) is 11.2 Å². The fourth-order valence-electron chi connectivity index (χ4n) is 4.29. The smallest absolute Gasteiger partial charge is 0.237 e. The number of anilines is 1. The molecule has 9 heteroatoms. The molecule has 1 aliphatic rings. The Bertz CT molecular complexity index is 1220. The maximum absolute atomic E-state index is 12.6. The number of imide groups is 1. The average molecular weight is 492 g/mol. The van der Waals surface area contributed by atoms with E-state index >= 15 is 0 Å². The number of carbonyl (C=O) groups is 3. The van der Waals surface area contributed by atoms with E-state index < -0.39 is 5.41 Å². The molecule has 2 N–H and O–H groups in total. The van der Waals surface area contributed by atoms with Crippen LogP contribution in [0.3, 0.4) is 0 Å². The zero-order valence-electron chi connectivity index (χ0n) is 20.1. The molecule has 3 aromatic rings. The SMILES string of the molecule is CCC1(c2ccc(NC(=O)CSc3nncn3-c3ccc(C(C)C)cc3)cc2)CCC(=O)NC1=O. The number of piperidine rings is 1. The van der Waals surface area contributed by atoms with E-state index in [1.807, 2.05) is 35.8 Å². The number of benzene rings is 2. The first-order valence-electron chi connectivity index (χ1n) is 11.7. The summed E-state index contributed by atoms with van der Waals surface area (Å²) in [5.74, 6) is -0.0310. The minimum absolute atomic E-state index is 0.168. The topological polar surface area (TPSA) is 106 Å². The predicted molar refractivity (Wildman–Crippen MR) is 136 cm³/mol. The molecule has 0 saturated carbocycles. The molecule has 35 heavy (non-hydrogen) atoms. The van der Waals surface area contributed by atoms with Crippen LogP contribution in [0.5, 0.6) is 0 Å². The summed E-state index contributed by atoms with van der Waals surface area (Å²) in [6.45, 7) is 6.25. The molecule has 4 rings (SSSR count). The number of thioether (sulfide) groups is 1. The lowest BCUT2D eigenvalue weighted by Gasteiger charge is -2.35. The summed E-state index contributed by atoms with van der Waals surface area (Å²) < 4.78 is 1.86. The van der Waals surface area contributed by atoms with Crippen LogP contribution in [0.1, 0.15) is 57.1 Å². The van der Waals surface area contributed by atoms with E-state index in [2.05, 4.69) is 46.8 Å². The van der Waals surface area contributed by atoms with Gasteiger partial charge in [-0.3, -0.25) is 24.3 Å². The van der Waals surface area contributed by atoms with Crippen molar-refractivity contribution in [1.82, 2.24) is 20.1 Å². The molecule has 0 bridgehead atoms. The van der Waals surface area contributed by atoms with E-state index in [0.717, 1.165) is 11.3 Å². The number of rotatable bonds is 8. The van der Waals surface area contributed by atoms with Gasteiger partial charge in [0.2, 0.25) is 17.7 Å². The van der Waals surface area contributed by atoms with Crippen molar-refractivity contribution in [3.8, 4) is 5.69 Å². The number of hydrogen-bond donors (Lipinski definition) is 2. The molecule has 2 aromatic carbocycles. The number of amides is 3. The number of aromatic nitrogens is 3. The molecule has 3 amide bonds. The largest absolute Gasteiger partial charge is 0.325 e. The van der Waals surface area contributed by atoms with Crippen LogP contribution in [0.4, 0.5) is 5.69 Å². The van der Waals surface area contributed by atoms with Crippen molar-refractivity contribution in [2.24, 2.45) is 0 Å². The normalized spacial score (nSPS) is 17.9. The Morgan fingerprint density at radius 1 is 1.14 bits per heavy atom. The minimum Gasteiger partial charge on any atom is -0.325 e. The van der Waals surface area contributed by atoms with Crippen LogP contribution in [-0.4, -0.2) is 38.2 Å². The summed E-state index contributed by atoms with van der Waals surface area (Å²) in [5.41, 5.74) is 2.96. The molecular formula is C26H29N5O3S. The van der Waals surface area contributed by atoms with Gasteiger partial charge in [0, 0.05) is 17.8 Å². The van der Waals surface area contributed by atoms with Crippen LogP contribution in [0.2, 0.25) is 0 Å². The molecule has 1 atom stereocenters. The zero-order chi connectivity index (χ0) is 25.0. The van der Waals surface area contributed by atoms with E-state index in [-0.39, 0.29) is 23.5 Å². The molecule has 0 radical (unpaired) electrons. The van der Waals surface area contributed by atoms with Gasteiger partial charge in [0.1, 0.15) is 6.33 Å². The first-order chi connectivity index (χ1) is 16.8. The third-order valence-electron chi connectivity index (χ3n) is 6.48. The number of hydrogen-bond acceptors (Lipinski definition) is 6. The number of carbonyl (C=O) groups excluding carboxylic acids is 3. The van der Waals surface area contributed by atoms with Gasteiger partial charge in [-0.15, -0.1) is 10.2 Å². The summed E-state index contributed by atoms with van der Waals surface area (Å²) >= 11 is 1.31. The molecule has 8 nitrogen and oxygen atoms in total. The lowest BCUT2D eigenvalue weighted by molar-refractivity contribution is -0.138. The Balaban J connectivity index is 1.37. The molecule has 1 aromatic heterocycles. The second-order valence-corrected chi connectivity index (χ2v) is 9.90. The minimum atomic E-state index is -0.719. The van der Waals surface area contributed by atoms with Crippen molar-refractivity contribution >= 4 is 35.2 Å². The highest BCUT2D eigenvalue weighted by atomic mass is 32.2. The Labute approximate surface area is 208 Å². The predicted octanol–water partition coefficient (Wildman–Crippen LogP) is 4.21. The maximum Gasteiger partial charge on any atom is 0.237 e. The quantitative estimate of drug-likeness (QED) is 0.361. The molecule has 0 aliphatic carbocycles. The van der Waals surface area contributed by atoms with Crippen LogP contribution >= 0.6 is 11.8 Å². The molecule has 1 saturated heterocycles. The van der Waals surface area contributed by atoms with Crippen molar-refractivity contribution in [3.05, 3.63) is 66.0 Å².